The standard InChI is InChI=1S/C13H12BrCl2N3O/c1-2-19-11(9(14)6-18-19)7-17-13(20)8-4-3-5-10(15)12(8)16/h3-6H,2,7H2,1H3,(H,17,20). The van der Waals surface area contributed by atoms with Crippen molar-refractivity contribution in [3.63, 3.8) is 0 Å². The lowest BCUT2D eigenvalue weighted by Crippen LogP contribution is -2.25. The van der Waals surface area contributed by atoms with Crippen LogP contribution in [0.2, 0.25) is 10.0 Å². The molecule has 0 unspecified atom stereocenters. The van der Waals surface area contributed by atoms with Crippen LogP contribution >= 0.6 is 39.1 Å². The quantitative estimate of drug-likeness (QED) is 0.879. The Morgan fingerprint density at radius 2 is 2.20 bits per heavy atom. The molecule has 7 heteroatoms. The number of benzene rings is 1. The molecule has 0 aliphatic heterocycles. The minimum Gasteiger partial charge on any atom is -0.346 e. The smallest absolute Gasteiger partial charge is 0.253 e. The Kier molecular flexibility index (Phi) is 5.07. The zero-order valence-electron chi connectivity index (χ0n) is 10.7. The van der Waals surface area contributed by atoms with Crippen molar-refractivity contribution in [1.82, 2.24) is 15.1 Å². The first-order valence-corrected chi connectivity index (χ1v) is 7.51. The second kappa shape index (κ2) is 6.61. The minimum atomic E-state index is -0.270. The molecule has 0 aliphatic carbocycles. The van der Waals surface area contributed by atoms with E-state index in [1.165, 1.54) is 0 Å². The van der Waals surface area contributed by atoms with Crippen molar-refractivity contribution < 1.29 is 4.79 Å². The zero-order chi connectivity index (χ0) is 14.7. The lowest BCUT2D eigenvalue weighted by atomic mass is 10.2. The third kappa shape index (κ3) is 3.16. The van der Waals surface area contributed by atoms with Crippen LogP contribution < -0.4 is 5.32 Å². The van der Waals surface area contributed by atoms with Gasteiger partial charge in [0.05, 0.1) is 38.5 Å². The molecule has 2 rings (SSSR count). The van der Waals surface area contributed by atoms with E-state index in [1.807, 2.05) is 11.6 Å². The molecule has 1 N–H and O–H groups in total. The van der Waals surface area contributed by atoms with Crippen molar-refractivity contribution in [1.29, 1.82) is 0 Å². The van der Waals surface area contributed by atoms with Crippen LogP contribution in [0, 0.1) is 0 Å². The first kappa shape index (κ1) is 15.4. The molecule has 0 saturated heterocycles. The second-order valence-electron chi connectivity index (χ2n) is 4.04. The number of hydrogen-bond acceptors (Lipinski definition) is 2. The summed E-state index contributed by atoms with van der Waals surface area (Å²) in [6, 6.07) is 4.97. The SMILES string of the molecule is CCn1ncc(Br)c1CNC(=O)c1cccc(Cl)c1Cl. The van der Waals surface area contributed by atoms with E-state index in [4.69, 9.17) is 23.2 Å². The molecule has 0 fully saturated rings. The molecule has 0 saturated carbocycles. The van der Waals surface area contributed by atoms with Crippen molar-refractivity contribution in [3.8, 4) is 0 Å². The van der Waals surface area contributed by atoms with Gasteiger partial charge in [-0.25, -0.2) is 0 Å². The summed E-state index contributed by atoms with van der Waals surface area (Å²) in [7, 11) is 0. The van der Waals surface area contributed by atoms with Gasteiger partial charge in [-0.15, -0.1) is 0 Å². The molecule has 1 amide bonds. The summed E-state index contributed by atoms with van der Waals surface area (Å²) in [5, 5.41) is 7.62. The molecule has 106 valence electrons. The third-order valence-corrected chi connectivity index (χ3v) is 4.29. The summed E-state index contributed by atoms with van der Waals surface area (Å²) in [5.74, 6) is -0.270. The fourth-order valence-electron chi connectivity index (χ4n) is 1.77. The number of aromatic nitrogens is 2. The minimum absolute atomic E-state index is 0.259. The fourth-order valence-corrected chi connectivity index (χ4v) is 2.60. The van der Waals surface area contributed by atoms with Gasteiger partial charge in [0.1, 0.15) is 0 Å². The maximum Gasteiger partial charge on any atom is 0.253 e. The van der Waals surface area contributed by atoms with E-state index < -0.39 is 0 Å². The van der Waals surface area contributed by atoms with Crippen LogP contribution in [0.4, 0.5) is 0 Å². The number of halogens is 3. The maximum atomic E-state index is 12.1. The summed E-state index contributed by atoms with van der Waals surface area (Å²) >= 11 is 15.3. The molecule has 0 aliphatic rings. The van der Waals surface area contributed by atoms with E-state index in [-0.39, 0.29) is 10.9 Å². The summed E-state index contributed by atoms with van der Waals surface area (Å²) in [5.41, 5.74) is 1.26. The van der Waals surface area contributed by atoms with Crippen LogP contribution in [0.25, 0.3) is 0 Å². The molecular weight excluding hydrogens is 365 g/mol. The Balaban J connectivity index is 2.13. The van der Waals surface area contributed by atoms with Gasteiger partial charge < -0.3 is 5.32 Å². The lowest BCUT2D eigenvalue weighted by molar-refractivity contribution is 0.0950. The van der Waals surface area contributed by atoms with E-state index in [0.29, 0.717) is 17.1 Å². The highest BCUT2D eigenvalue weighted by Gasteiger charge is 2.14. The molecule has 0 radical (unpaired) electrons. The lowest BCUT2D eigenvalue weighted by Gasteiger charge is -2.09. The average Bonchev–Trinajstić information content (AvgIpc) is 2.79. The highest BCUT2D eigenvalue weighted by atomic mass is 79.9. The predicted molar refractivity (Wildman–Crippen MR) is 83.2 cm³/mol. The number of amides is 1. The number of carbonyl (C=O) groups excluding carboxylic acids is 1. The molecule has 1 aromatic heterocycles. The Labute approximate surface area is 135 Å². The molecule has 1 aromatic carbocycles. The molecule has 20 heavy (non-hydrogen) atoms. The van der Waals surface area contributed by atoms with Crippen molar-refractivity contribution in [2.45, 2.75) is 20.0 Å². The Bertz CT molecular complexity index is 643. The van der Waals surface area contributed by atoms with Gasteiger partial charge in [0.15, 0.2) is 0 Å². The molecule has 0 bridgehead atoms. The number of carbonyl (C=O) groups is 1. The predicted octanol–water partition coefficient (Wildman–Crippen LogP) is 3.90. The van der Waals surface area contributed by atoms with Gasteiger partial charge >= 0.3 is 0 Å². The van der Waals surface area contributed by atoms with E-state index in [1.54, 1.807) is 24.4 Å². The molecular formula is C13H12BrCl2N3O. The summed E-state index contributed by atoms with van der Waals surface area (Å²) in [6.07, 6.45) is 1.71. The summed E-state index contributed by atoms with van der Waals surface area (Å²) in [6.45, 7) is 3.07. The van der Waals surface area contributed by atoms with Crippen LogP contribution in [0.3, 0.4) is 0 Å². The molecule has 0 atom stereocenters. The average molecular weight is 377 g/mol. The number of nitrogens with zero attached hydrogens (tertiary/aromatic N) is 2. The summed E-state index contributed by atoms with van der Waals surface area (Å²) in [4.78, 5) is 12.1. The largest absolute Gasteiger partial charge is 0.346 e. The van der Waals surface area contributed by atoms with Gasteiger partial charge in [0.25, 0.3) is 5.91 Å². The highest BCUT2D eigenvalue weighted by Crippen LogP contribution is 2.25. The van der Waals surface area contributed by atoms with Gasteiger partial charge in [0.2, 0.25) is 0 Å². The van der Waals surface area contributed by atoms with Crippen LogP contribution in [0.15, 0.2) is 28.9 Å². The van der Waals surface area contributed by atoms with Crippen molar-refractivity contribution in [2.24, 2.45) is 0 Å². The van der Waals surface area contributed by atoms with Crippen molar-refractivity contribution in [2.75, 3.05) is 0 Å². The molecule has 4 nitrogen and oxygen atoms in total. The topological polar surface area (TPSA) is 46.9 Å². The van der Waals surface area contributed by atoms with E-state index in [2.05, 4.69) is 26.3 Å². The third-order valence-electron chi connectivity index (χ3n) is 2.81. The van der Waals surface area contributed by atoms with Crippen LogP contribution in [-0.4, -0.2) is 15.7 Å². The van der Waals surface area contributed by atoms with Crippen molar-refractivity contribution in [3.05, 3.63) is 50.2 Å². The van der Waals surface area contributed by atoms with Gasteiger partial charge in [-0.1, -0.05) is 29.3 Å². The van der Waals surface area contributed by atoms with Crippen LogP contribution in [0.1, 0.15) is 23.0 Å². The van der Waals surface area contributed by atoms with Gasteiger partial charge in [-0.2, -0.15) is 5.10 Å². The second-order valence-corrected chi connectivity index (χ2v) is 5.68. The fraction of sp³-hybridized carbons (Fsp3) is 0.231. The van der Waals surface area contributed by atoms with Crippen molar-refractivity contribution >= 4 is 45.0 Å². The van der Waals surface area contributed by atoms with E-state index >= 15 is 0 Å². The van der Waals surface area contributed by atoms with E-state index in [0.717, 1.165) is 16.7 Å². The number of nitrogens with one attached hydrogen (secondary N) is 1. The van der Waals surface area contributed by atoms with Crippen LogP contribution in [0.5, 0.6) is 0 Å². The Morgan fingerprint density at radius 1 is 1.45 bits per heavy atom. The normalized spacial score (nSPS) is 10.6. The van der Waals surface area contributed by atoms with E-state index in [9.17, 15) is 4.79 Å². The van der Waals surface area contributed by atoms with Gasteiger partial charge in [0, 0.05) is 6.54 Å². The van der Waals surface area contributed by atoms with Gasteiger partial charge in [-0.3, -0.25) is 9.48 Å². The molecule has 0 spiro atoms. The monoisotopic (exact) mass is 375 g/mol. The first-order valence-electron chi connectivity index (χ1n) is 5.97. The highest BCUT2D eigenvalue weighted by molar-refractivity contribution is 9.10. The first-order chi connectivity index (χ1) is 9.54. The molecule has 2 aromatic rings. The van der Waals surface area contributed by atoms with Gasteiger partial charge in [-0.05, 0) is 35.0 Å². The zero-order valence-corrected chi connectivity index (χ0v) is 13.8. The number of hydrogen-bond donors (Lipinski definition) is 1. The van der Waals surface area contributed by atoms with Crippen LogP contribution in [-0.2, 0) is 13.1 Å². The number of aryl methyl sites for hydroxylation is 1. The molecule has 1 heterocycles. The summed E-state index contributed by atoms with van der Waals surface area (Å²) < 4.78 is 2.67. The Morgan fingerprint density at radius 3 is 2.90 bits per heavy atom. The number of rotatable bonds is 4. The maximum absolute atomic E-state index is 12.1. The Hall–Kier alpha value is -1.04.